The Hall–Kier alpha value is -2.38. The number of carbonyl (C=O) groups excluding carboxylic acids is 1. The summed E-state index contributed by atoms with van der Waals surface area (Å²) >= 11 is 6.13. The van der Waals surface area contributed by atoms with Gasteiger partial charge < -0.3 is 10.2 Å². The number of amidine groups is 1. The molecule has 0 aromatic heterocycles. The van der Waals surface area contributed by atoms with Crippen LogP contribution in [-0.4, -0.2) is 38.7 Å². The van der Waals surface area contributed by atoms with Gasteiger partial charge in [0.15, 0.2) is 0 Å². The normalized spacial score (nSPS) is 19.5. The lowest BCUT2D eigenvalue weighted by atomic mass is 9.64. The quantitative estimate of drug-likeness (QED) is 0.747. The summed E-state index contributed by atoms with van der Waals surface area (Å²) in [6, 6.07) is 13.7. The molecule has 1 aliphatic heterocycles. The Labute approximate surface area is 182 Å². The molecule has 1 amide bonds. The van der Waals surface area contributed by atoms with Crippen LogP contribution in [0, 0.1) is 0 Å². The van der Waals surface area contributed by atoms with Crippen molar-refractivity contribution < 1.29 is 13.2 Å². The molecule has 1 heterocycles. The monoisotopic (exact) mass is 445 g/mol. The summed E-state index contributed by atoms with van der Waals surface area (Å²) in [5, 5.41) is 3.51. The number of halogens is 1. The molecular weight excluding hydrogens is 422 g/mol. The van der Waals surface area contributed by atoms with Crippen LogP contribution in [0.5, 0.6) is 0 Å². The molecule has 0 bridgehead atoms. The number of hydrogen-bond acceptors (Lipinski definition) is 3. The van der Waals surface area contributed by atoms with Crippen molar-refractivity contribution in [2.24, 2.45) is 4.40 Å². The van der Waals surface area contributed by atoms with Crippen LogP contribution in [0.3, 0.4) is 0 Å². The molecule has 2 aliphatic rings. The van der Waals surface area contributed by atoms with Crippen LogP contribution >= 0.6 is 11.6 Å². The smallest absolute Gasteiger partial charge is 0.284 e. The Morgan fingerprint density at radius 1 is 1.13 bits per heavy atom. The molecular formula is C22H24ClN3O3S. The maximum absolute atomic E-state index is 13.2. The van der Waals surface area contributed by atoms with Gasteiger partial charge in [0.1, 0.15) is 5.84 Å². The highest BCUT2D eigenvalue weighted by Gasteiger charge is 2.45. The first-order chi connectivity index (χ1) is 14.3. The number of benzene rings is 2. The molecule has 0 spiro atoms. The summed E-state index contributed by atoms with van der Waals surface area (Å²) in [6.45, 7) is 0.802. The second-order valence-corrected chi connectivity index (χ2v) is 9.98. The molecule has 30 heavy (non-hydrogen) atoms. The second kappa shape index (κ2) is 8.04. The van der Waals surface area contributed by atoms with Crippen molar-refractivity contribution in [1.82, 2.24) is 4.90 Å². The third-order valence-corrected chi connectivity index (χ3v) is 7.50. The van der Waals surface area contributed by atoms with Crippen molar-refractivity contribution in [3.8, 4) is 0 Å². The Morgan fingerprint density at radius 2 is 1.90 bits per heavy atom. The van der Waals surface area contributed by atoms with Gasteiger partial charge in [-0.2, -0.15) is 8.42 Å². The summed E-state index contributed by atoms with van der Waals surface area (Å²) in [6.07, 6.45) is 3.97. The second-order valence-electron chi connectivity index (χ2n) is 7.94. The van der Waals surface area contributed by atoms with Crippen LogP contribution < -0.4 is 5.32 Å². The third-order valence-electron chi connectivity index (χ3n) is 5.97. The predicted molar refractivity (Wildman–Crippen MR) is 119 cm³/mol. The molecule has 4 rings (SSSR count). The standard InChI is InChI=1S/C22H24ClN3O3S/c1-26-13-4-10-20(26)25-30(28,29)19-9-3-8-18(15-19)24-21(27)22(11-5-12-22)16-6-2-7-17(23)14-16/h2-3,6-9,14-15H,4-5,10-13H2,1H3,(H,24,27). The van der Waals surface area contributed by atoms with Crippen molar-refractivity contribution in [2.45, 2.75) is 42.4 Å². The SMILES string of the molecule is CN1CCCC1=NS(=O)(=O)c1cccc(NC(=O)C2(c3cccc(Cl)c3)CCC2)c1. The van der Waals surface area contributed by atoms with Crippen LogP contribution in [0.2, 0.25) is 5.02 Å². The molecule has 2 aromatic rings. The van der Waals surface area contributed by atoms with Gasteiger partial charge in [-0.25, -0.2) is 0 Å². The Kier molecular flexibility index (Phi) is 5.59. The summed E-state index contributed by atoms with van der Waals surface area (Å²) in [4.78, 5) is 15.1. The number of amides is 1. The van der Waals surface area contributed by atoms with E-state index in [-0.39, 0.29) is 10.8 Å². The topological polar surface area (TPSA) is 78.8 Å². The van der Waals surface area contributed by atoms with E-state index in [1.807, 2.05) is 30.1 Å². The minimum atomic E-state index is -3.84. The van der Waals surface area contributed by atoms with Gasteiger partial charge in [-0.05, 0) is 55.2 Å². The molecule has 1 saturated carbocycles. The molecule has 6 nitrogen and oxygen atoms in total. The van der Waals surface area contributed by atoms with Gasteiger partial charge in [0.05, 0.1) is 10.3 Å². The van der Waals surface area contributed by atoms with Gasteiger partial charge in [0.25, 0.3) is 10.0 Å². The van der Waals surface area contributed by atoms with Crippen molar-refractivity contribution in [3.05, 3.63) is 59.1 Å². The van der Waals surface area contributed by atoms with Crippen LogP contribution in [0.15, 0.2) is 57.8 Å². The van der Waals surface area contributed by atoms with Gasteiger partial charge in [0.2, 0.25) is 5.91 Å². The van der Waals surface area contributed by atoms with Crippen molar-refractivity contribution in [2.75, 3.05) is 18.9 Å². The molecule has 1 N–H and O–H groups in total. The van der Waals surface area contributed by atoms with Gasteiger partial charge in [-0.15, -0.1) is 4.40 Å². The lowest BCUT2D eigenvalue weighted by Crippen LogP contribution is -2.46. The van der Waals surface area contributed by atoms with Crippen molar-refractivity contribution in [1.29, 1.82) is 0 Å². The minimum absolute atomic E-state index is 0.0681. The van der Waals surface area contributed by atoms with E-state index in [0.717, 1.165) is 37.8 Å². The molecule has 1 aliphatic carbocycles. The lowest BCUT2D eigenvalue weighted by molar-refractivity contribution is -0.124. The number of carbonyl (C=O) groups is 1. The van der Waals surface area contributed by atoms with Crippen LogP contribution in [-0.2, 0) is 20.2 Å². The first kappa shape index (κ1) is 20.9. The Morgan fingerprint density at radius 3 is 2.53 bits per heavy atom. The van der Waals surface area contributed by atoms with Gasteiger partial charge in [-0.3, -0.25) is 4.79 Å². The van der Waals surface area contributed by atoms with Gasteiger partial charge >= 0.3 is 0 Å². The first-order valence-electron chi connectivity index (χ1n) is 10.0. The van der Waals surface area contributed by atoms with Crippen LogP contribution in [0.25, 0.3) is 0 Å². The Bertz CT molecular complexity index is 1110. The van der Waals surface area contributed by atoms with Crippen molar-refractivity contribution in [3.63, 3.8) is 0 Å². The molecule has 2 aromatic carbocycles. The molecule has 2 fully saturated rings. The van der Waals surface area contributed by atoms with E-state index in [1.54, 1.807) is 18.2 Å². The van der Waals surface area contributed by atoms with Gasteiger partial charge in [0, 0.05) is 30.7 Å². The highest BCUT2D eigenvalue weighted by Crippen LogP contribution is 2.45. The maximum atomic E-state index is 13.2. The lowest BCUT2D eigenvalue weighted by Gasteiger charge is -2.40. The van der Waals surface area contributed by atoms with E-state index >= 15 is 0 Å². The number of hydrogen-bond donors (Lipinski definition) is 1. The van der Waals surface area contributed by atoms with E-state index in [4.69, 9.17) is 11.6 Å². The van der Waals surface area contributed by atoms with E-state index < -0.39 is 15.4 Å². The average molecular weight is 446 g/mol. The molecule has 0 radical (unpaired) electrons. The zero-order valence-corrected chi connectivity index (χ0v) is 18.3. The summed E-state index contributed by atoms with van der Waals surface area (Å²) in [7, 11) is -2.00. The average Bonchev–Trinajstić information content (AvgIpc) is 3.05. The number of likely N-dealkylation sites (tertiary alicyclic amines) is 1. The minimum Gasteiger partial charge on any atom is -0.362 e. The summed E-state index contributed by atoms with van der Waals surface area (Å²) in [5.74, 6) is 0.422. The molecule has 8 heteroatoms. The zero-order valence-electron chi connectivity index (χ0n) is 16.8. The predicted octanol–water partition coefficient (Wildman–Crippen LogP) is 4.21. The zero-order chi connectivity index (χ0) is 21.4. The fourth-order valence-electron chi connectivity index (χ4n) is 4.05. The van der Waals surface area contributed by atoms with E-state index in [0.29, 0.717) is 23.0 Å². The fourth-order valence-corrected chi connectivity index (χ4v) is 5.38. The summed E-state index contributed by atoms with van der Waals surface area (Å²) < 4.78 is 29.5. The molecule has 158 valence electrons. The van der Waals surface area contributed by atoms with Crippen molar-refractivity contribution >= 4 is 39.1 Å². The number of anilines is 1. The van der Waals surface area contributed by atoms with Crippen LogP contribution in [0.4, 0.5) is 5.69 Å². The first-order valence-corrected chi connectivity index (χ1v) is 11.8. The number of nitrogens with one attached hydrogen (secondary N) is 1. The van der Waals surface area contributed by atoms with E-state index in [1.165, 1.54) is 12.1 Å². The number of sulfonamides is 1. The highest BCUT2D eigenvalue weighted by atomic mass is 35.5. The highest BCUT2D eigenvalue weighted by molar-refractivity contribution is 7.90. The largest absolute Gasteiger partial charge is 0.362 e. The fraction of sp³-hybridized carbons (Fsp3) is 0.364. The summed E-state index contributed by atoms with van der Waals surface area (Å²) in [5.41, 5.74) is 0.694. The third kappa shape index (κ3) is 3.96. The molecule has 1 saturated heterocycles. The number of nitrogens with zero attached hydrogens (tertiary/aromatic N) is 2. The van der Waals surface area contributed by atoms with Crippen LogP contribution in [0.1, 0.15) is 37.7 Å². The Balaban J connectivity index is 1.58. The van der Waals surface area contributed by atoms with E-state index in [9.17, 15) is 13.2 Å². The number of rotatable bonds is 5. The maximum Gasteiger partial charge on any atom is 0.284 e. The molecule has 0 unspecified atom stereocenters. The molecule has 0 atom stereocenters. The van der Waals surface area contributed by atoms with E-state index in [2.05, 4.69) is 9.71 Å². The van der Waals surface area contributed by atoms with Gasteiger partial charge in [-0.1, -0.05) is 36.2 Å².